The second-order valence-electron chi connectivity index (χ2n) is 5.97. The van der Waals surface area contributed by atoms with Crippen LogP contribution in [0, 0.1) is 0 Å². The molecule has 1 aliphatic rings. The first-order valence-electron chi connectivity index (χ1n) is 7.74. The number of pyridine rings is 1. The van der Waals surface area contributed by atoms with E-state index in [9.17, 15) is 0 Å². The standard InChI is InChI=1S/C20H15N3/c21-19-16-5-2-1-4-15(16)18-14(6-3-7-17(18)19)13-10-12-8-9-22-20(12)23-11-13/h1-11,19H,21H2,(H,22,23)/t19-/m1/s1. The number of nitrogens with zero attached hydrogens (tertiary/aromatic N) is 1. The topological polar surface area (TPSA) is 54.7 Å². The smallest absolute Gasteiger partial charge is 0.137 e. The lowest BCUT2D eigenvalue weighted by Gasteiger charge is -2.10. The molecular formula is C20H15N3. The lowest BCUT2D eigenvalue weighted by molar-refractivity contribution is 0.901. The monoisotopic (exact) mass is 297 g/mol. The van der Waals surface area contributed by atoms with Crippen LogP contribution in [0.3, 0.4) is 0 Å². The van der Waals surface area contributed by atoms with Gasteiger partial charge in [-0.2, -0.15) is 0 Å². The van der Waals surface area contributed by atoms with Gasteiger partial charge in [-0.15, -0.1) is 0 Å². The molecule has 2 aromatic heterocycles. The van der Waals surface area contributed by atoms with Crippen LogP contribution in [0.4, 0.5) is 0 Å². The van der Waals surface area contributed by atoms with Gasteiger partial charge in [0.2, 0.25) is 0 Å². The van der Waals surface area contributed by atoms with Gasteiger partial charge in [0, 0.05) is 23.3 Å². The average Bonchev–Trinajstić information content (AvgIpc) is 3.18. The fraction of sp³-hybridized carbons (Fsp3) is 0.0500. The first kappa shape index (κ1) is 12.6. The molecule has 0 saturated heterocycles. The molecule has 2 aromatic carbocycles. The fourth-order valence-corrected chi connectivity index (χ4v) is 3.62. The molecule has 0 unspecified atom stereocenters. The minimum atomic E-state index is -0.0508. The molecule has 0 bridgehead atoms. The number of rotatable bonds is 1. The molecule has 0 saturated carbocycles. The molecule has 1 aliphatic carbocycles. The zero-order valence-corrected chi connectivity index (χ0v) is 12.5. The van der Waals surface area contributed by atoms with E-state index >= 15 is 0 Å². The van der Waals surface area contributed by atoms with Crippen LogP contribution in [0.15, 0.2) is 67.0 Å². The first-order valence-corrected chi connectivity index (χ1v) is 7.74. The number of nitrogens with one attached hydrogen (secondary N) is 1. The van der Waals surface area contributed by atoms with Gasteiger partial charge in [0.25, 0.3) is 0 Å². The van der Waals surface area contributed by atoms with Gasteiger partial charge in [-0.25, -0.2) is 4.98 Å². The second-order valence-corrected chi connectivity index (χ2v) is 5.97. The van der Waals surface area contributed by atoms with Gasteiger partial charge in [-0.05, 0) is 39.9 Å². The minimum absolute atomic E-state index is 0.0508. The Morgan fingerprint density at radius 1 is 0.913 bits per heavy atom. The Kier molecular flexibility index (Phi) is 2.49. The summed E-state index contributed by atoms with van der Waals surface area (Å²) < 4.78 is 0. The molecule has 4 aromatic rings. The van der Waals surface area contributed by atoms with Crippen molar-refractivity contribution in [2.45, 2.75) is 6.04 Å². The number of hydrogen-bond donors (Lipinski definition) is 2. The van der Waals surface area contributed by atoms with E-state index in [0.29, 0.717) is 0 Å². The summed E-state index contributed by atoms with van der Waals surface area (Å²) in [7, 11) is 0. The first-order chi connectivity index (χ1) is 11.3. The number of H-pyrrole nitrogens is 1. The van der Waals surface area contributed by atoms with Gasteiger partial charge in [-0.3, -0.25) is 0 Å². The molecule has 0 spiro atoms. The van der Waals surface area contributed by atoms with Crippen LogP contribution in [0.1, 0.15) is 17.2 Å². The van der Waals surface area contributed by atoms with Crippen molar-refractivity contribution in [3.8, 4) is 22.3 Å². The number of nitrogens with two attached hydrogens (primary N) is 1. The predicted molar refractivity (Wildman–Crippen MR) is 93.0 cm³/mol. The van der Waals surface area contributed by atoms with Gasteiger partial charge in [0.05, 0.1) is 6.04 Å². The highest BCUT2D eigenvalue weighted by Gasteiger charge is 2.27. The normalized spacial score (nSPS) is 15.6. The molecule has 0 aliphatic heterocycles. The lowest BCUT2D eigenvalue weighted by atomic mass is 9.94. The van der Waals surface area contributed by atoms with Gasteiger partial charge in [0.15, 0.2) is 0 Å². The van der Waals surface area contributed by atoms with Crippen LogP contribution in [-0.2, 0) is 0 Å². The Morgan fingerprint density at radius 2 is 1.74 bits per heavy atom. The Morgan fingerprint density at radius 3 is 2.70 bits per heavy atom. The van der Waals surface area contributed by atoms with E-state index in [0.717, 1.165) is 16.6 Å². The number of benzene rings is 2. The molecular weight excluding hydrogens is 282 g/mol. The Labute approximate surface area is 133 Å². The molecule has 3 N–H and O–H groups in total. The van der Waals surface area contributed by atoms with E-state index in [1.54, 1.807) is 0 Å². The maximum absolute atomic E-state index is 6.46. The van der Waals surface area contributed by atoms with Crippen molar-refractivity contribution in [2.75, 3.05) is 0 Å². The molecule has 3 heteroatoms. The molecule has 110 valence electrons. The van der Waals surface area contributed by atoms with Crippen molar-refractivity contribution in [3.63, 3.8) is 0 Å². The molecule has 5 rings (SSSR count). The zero-order chi connectivity index (χ0) is 15.4. The maximum Gasteiger partial charge on any atom is 0.137 e. The Bertz CT molecular complexity index is 1050. The van der Waals surface area contributed by atoms with Gasteiger partial charge < -0.3 is 10.7 Å². The van der Waals surface area contributed by atoms with Gasteiger partial charge in [0.1, 0.15) is 5.65 Å². The number of aromatic amines is 1. The summed E-state index contributed by atoms with van der Waals surface area (Å²) in [6, 6.07) is 19.0. The maximum atomic E-state index is 6.46. The van der Waals surface area contributed by atoms with E-state index < -0.39 is 0 Å². The summed E-state index contributed by atoms with van der Waals surface area (Å²) in [5, 5.41) is 1.12. The SMILES string of the molecule is N[C@@H]1c2ccccc2-c2c(-c3cnc4[nH]ccc4c3)cccc21. The molecule has 0 amide bonds. The summed E-state index contributed by atoms with van der Waals surface area (Å²) >= 11 is 0. The van der Waals surface area contributed by atoms with E-state index in [1.807, 2.05) is 12.4 Å². The van der Waals surface area contributed by atoms with Crippen LogP contribution < -0.4 is 5.73 Å². The Hall–Kier alpha value is -2.91. The van der Waals surface area contributed by atoms with Crippen molar-refractivity contribution in [1.82, 2.24) is 9.97 Å². The van der Waals surface area contributed by atoms with Gasteiger partial charge >= 0.3 is 0 Å². The molecule has 23 heavy (non-hydrogen) atoms. The van der Waals surface area contributed by atoms with Crippen molar-refractivity contribution in [3.05, 3.63) is 78.1 Å². The van der Waals surface area contributed by atoms with E-state index in [2.05, 4.69) is 64.6 Å². The number of aromatic nitrogens is 2. The zero-order valence-electron chi connectivity index (χ0n) is 12.5. The minimum Gasteiger partial charge on any atom is -0.346 e. The molecule has 2 heterocycles. The van der Waals surface area contributed by atoms with Crippen LogP contribution in [0.5, 0.6) is 0 Å². The predicted octanol–water partition coefficient (Wildman–Crippen LogP) is 4.26. The van der Waals surface area contributed by atoms with Gasteiger partial charge in [-0.1, -0.05) is 42.5 Å². The number of fused-ring (bicyclic) bond motifs is 4. The summed E-state index contributed by atoms with van der Waals surface area (Å²) in [4.78, 5) is 7.67. The van der Waals surface area contributed by atoms with Crippen molar-refractivity contribution in [1.29, 1.82) is 0 Å². The van der Waals surface area contributed by atoms with Crippen LogP contribution in [0.25, 0.3) is 33.3 Å². The fourth-order valence-electron chi connectivity index (χ4n) is 3.62. The van der Waals surface area contributed by atoms with Crippen LogP contribution in [0.2, 0.25) is 0 Å². The molecule has 1 atom stereocenters. The Balaban J connectivity index is 1.81. The molecule has 3 nitrogen and oxygen atoms in total. The second kappa shape index (κ2) is 4.54. The quantitative estimate of drug-likeness (QED) is 0.551. The van der Waals surface area contributed by atoms with Crippen molar-refractivity contribution < 1.29 is 0 Å². The summed E-state index contributed by atoms with van der Waals surface area (Å²) in [5.41, 5.74) is 14.6. The summed E-state index contributed by atoms with van der Waals surface area (Å²) in [6.45, 7) is 0. The average molecular weight is 297 g/mol. The van der Waals surface area contributed by atoms with Crippen molar-refractivity contribution in [2.24, 2.45) is 5.73 Å². The van der Waals surface area contributed by atoms with E-state index in [4.69, 9.17) is 5.73 Å². The third kappa shape index (κ3) is 1.71. The summed E-state index contributed by atoms with van der Waals surface area (Å²) in [5.74, 6) is 0. The molecule has 0 fully saturated rings. The lowest BCUT2D eigenvalue weighted by Crippen LogP contribution is -2.07. The number of hydrogen-bond acceptors (Lipinski definition) is 2. The van der Waals surface area contributed by atoms with Crippen LogP contribution in [-0.4, -0.2) is 9.97 Å². The highest BCUT2D eigenvalue weighted by Crippen LogP contribution is 2.46. The highest BCUT2D eigenvalue weighted by atomic mass is 14.8. The van der Waals surface area contributed by atoms with Crippen molar-refractivity contribution >= 4 is 11.0 Å². The third-order valence-corrected chi connectivity index (χ3v) is 4.71. The molecule has 0 radical (unpaired) electrons. The summed E-state index contributed by atoms with van der Waals surface area (Å²) in [6.07, 6.45) is 3.85. The highest BCUT2D eigenvalue weighted by molar-refractivity contribution is 5.93. The van der Waals surface area contributed by atoms with E-state index in [-0.39, 0.29) is 6.04 Å². The third-order valence-electron chi connectivity index (χ3n) is 4.71. The van der Waals surface area contributed by atoms with Crippen LogP contribution >= 0.6 is 0 Å². The van der Waals surface area contributed by atoms with E-state index in [1.165, 1.54) is 27.8 Å². The largest absolute Gasteiger partial charge is 0.346 e.